The number of hydrogen-bond donors (Lipinski definition) is 1. The molecule has 1 aliphatic heterocycles. The molecule has 0 spiro atoms. The van der Waals surface area contributed by atoms with Crippen LogP contribution in [0.3, 0.4) is 0 Å². The van der Waals surface area contributed by atoms with Crippen molar-refractivity contribution in [2.45, 2.75) is 25.4 Å². The molecule has 1 atom stereocenters. The van der Waals surface area contributed by atoms with Gasteiger partial charge in [0.2, 0.25) is 0 Å². The molecule has 0 radical (unpaired) electrons. The molecule has 20 heavy (non-hydrogen) atoms. The molecule has 0 saturated carbocycles. The number of nitrogens with one attached hydrogen (secondary N) is 1. The monoisotopic (exact) mass is 337 g/mol. The van der Waals surface area contributed by atoms with Gasteiger partial charge in [0.25, 0.3) is 5.91 Å². The molecule has 4 nitrogen and oxygen atoms in total. The van der Waals surface area contributed by atoms with Crippen molar-refractivity contribution >= 4 is 21.8 Å². The van der Waals surface area contributed by atoms with E-state index in [2.05, 4.69) is 26.2 Å². The van der Waals surface area contributed by atoms with E-state index in [1.165, 1.54) is 12.1 Å². The van der Waals surface area contributed by atoms with E-state index >= 15 is 0 Å². The smallest absolute Gasteiger partial charge is 0.251 e. The van der Waals surface area contributed by atoms with Crippen molar-refractivity contribution in [3.05, 3.63) is 52.3 Å². The minimum atomic E-state index is -0.426. The lowest BCUT2D eigenvalue weighted by atomic mass is 10.1. The van der Waals surface area contributed by atoms with E-state index in [-0.39, 0.29) is 11.9 Å². The molecule has 1 aromatic carbocycles. The lowest BCUT2D eigenvalue weighted by Crippen LogP contribution is -2.40. The first-order valence-corrected chi connectivity index (χ1v) is 7.18. The molecule has 1 aromatic heterocycles. The van der Waals surface area contributed by atoms with Gasteiger partial charge in [-0.2, -0.15) is 0 Å². The summed E-state index contributed by atoms with van der Waals surface area (Å²) >= 11 is 3.19. The lowest BCUT2D eigenvalue weighted by Gasteiger charge is -2.24. The van der Waals surface area contributed by atoms with E-state index < -0.39 is 5.82 Å². The Balaban J connectivity index is 1.71. The van der Waals surface area contributed by atoms with Crippen molar-refractivity contribution in [3.8, 4) is 0 Å². The van der Waals surface area contributed by atoms with Gasteiger partial charge < -0.3 is 9.88 Å². The number of fused-ring (bicyclic) bond motifs is 1. The zero-order chi connectivity index (χ0) is 14.1. The van der Waals surface area contributed by atoms with Gasteiger partial charge in [-0.3, -0.25) is 4.79 Å². The summed E-state index contributed by atoms with van der Waals surface area (Å²) in [4.78, 5) is 16.4. The van der Waals surface area contributed by atoms with Gasteiger partial charge in [-0.15, -0.1) is 0 Å². The fourth-order valence-electron chi connectivity index (χ4n) is 2.44. The Hall–Kier alpha value is -1.69. The predicted octanol–water partition coefficient (Wildman–Crippen LogP) is 2.53. The number of halogens is 2. The average Bonchev–Trinajstić information content (AvgIpc) is 2.85. The molecular formula is C14H13BrFN3O. The van der Waals surface area contributed by atoms with E-state index in [4.69, 9.17) is 0 Å². The van der Waals surface area contributed by atoms with Crippen LogP contribution in [-0.4, -0.2) is 21.5 Å². The number of benzene rings is 1. The first kappa shape index (κ1) is 13.3. The van der Waals surface area contributed by atoms with Gasteiger partial charge in [-0.25, -0.2) is 9.37 Å². The minimum absolute atomic E-state index is 0.0474. The minimum Gasteiger partial charge on any atom is -0.347 e. The highest BCUT2D eigenvalue weighted by atomic mass is 79.9. The number of carbonyl (C=O) groups excluding carboxylic acids is 1. The second kappa shape index (κ2) is 5.36. The molecule has 2 aromatic rings. The fourth-order valence-corrected chi connectivity index (χ4v) is 2.90. The topological polar surface area (TPSA) is 46.9 Å². The quantitative estimate of drug-likeness (QED) is 0.915. The van der Waals surface area contributed by atoms with Gasteiger partial charge >= 0.3 is 0 Å². The predicted molar refractivity (Wildman–Crippen MR) is 75.9 cm³/mol. The SMILES string of the molecule is O=C(N[C@H]1CCc2nccn2C1)c1cc(F)cc(Br)c1. The number of carbonyl (C=O) groups is 1. The van der Waals surface area contributed by atoms with Crippen molar-refractivity contribution in [1.29, 1.82) is 0 Å². The summed E-state index contributed by atoms with van der Waals surface area (Å²) in [6.07, 6.45) is 5.36. The zero-order valence-corrected chi connectivity index (χ0v) is 12.2. The number of hydrogen-bond acceptors (Lipinski definition) is 2. The van der Waals surface area contributed by atoms with E-state index in [1.807, 2.05) is 10.8 Å². The molecule has 0 unspecified atom stereocenters. The number of imidazole rings is 1. The molecule has 0 bridgehead atoms. The summed E-state index contributed by atoms with van der Waals surface area (Å²) < 4.78 is 15.9. The van der Waals surface area contributed by atoms with Crippen LogP contribution in [0.4, 0.5) is 4.39 Å². The molecule has 104 valence electrons. The fraction of sp³-hybridized carbons (Fsp3) is 0.286. The van der Waals surface area contributed by atoms with E-state index in [1.54, 1.807) is 12.3 Å². The third-order valence-electron chi connectivity index (χ3n) is 3.40. The Bertz CT molecular complexity index is 635. The van der Waals surface area contributed by atoms with Gasteiger partial charge in [0.1, 0.15) is 11.6 Å². The van der Waals surface area contributed by atoms with Crippen LogP contribution in [-0.2, 0) is 13.0 Å². The molecule has 0 aliphatic carbocycles. The van der Waals surface area contributed by atoms with E-state index in [9.17, 15) is 9.18 Å². The third kappa shape index (κ3) is 2.75. The number of aromatic nitrogens is 2. The maximum Gasteiger partial charge on any atom is 0.251 e. The van der Waals surface area contributed by atoms with Gasteiger partial charge in [0.15, 0.2) is 0 Å². The molecule has 6 heteroatoms. The van der Waals surface area contributed by atoms with Gasteiger partial charge in [-0.05, 0) is 24.6 Å². The zero-order valence-electron chi connectivity index (χ0n) is 10.6. The normalized spacial score (nSPS) is 17.6. The molecule has 2 heterocycles. The van der Waals surface area contributed by atoms with Crippen LogP contribution in [0, 0.1) is 5.82 Å². The Morgan fingerprint density at radius 3 is 3.10 bits per heavy atom. The molecular weight excluding hydrogens is 325 g/mol. The highest BCUT2D eigenvalue weighted by Crippen LogP contribution is 2.17. The first-order chi connectivity index (χ1) is 9.61. The maximum absolute atomic E-state index is 13.3. The van der Waals surface area contributed by atoms with Crippen LogP contribution in [0.15, 0.2) is 35.1 Å². The summed E-state index contributed by atoms with van der Waals surface area (Å²) in [5.41, 5.74) is 0.327. The van der Waals surface area contributed by atoms with Crippen molar-refractivity contribution in [2.24, 2.45) is 0 Å². The molecule has 0 fully saturated rings. The molecule has 3 rings (SSSR count). The van der Waals surface area contributed by atoms with Crippen LogP contribution in [0.25, 0.3) is 0 Å². The molecule has 0 saturated heterocycles. The molecule has 1 N–H and O–H groups in total. The van der Waals surface area contributed by atoms with Crippen molar-refractivity contribution in [2.75, 3.05) is 0 Å². The third-order valence-corrected chi connectivity index (χ3v) is 3.85. The van der Waals surface area contributed by atoms with Gasteiger partial charge in [-0.1, -0.05) is 15.9 Å². The van der Waals surface area contributed by atoms with E-state index in [0.29, 0.717) is 16.6 Å². The van der Waals surface area contributed by atoms with Gasteiger partial charge in [0, 0.05) is 41.4 Å². The molecule has 1 aliphatic rings. The largest absolute Gasteiger partial charge is 0.347 e. The summed E-state index contributed by atoms with van der Waals surface area (Å²) in [6, 6.07) is 4.23. The van der Waals surface area contributed by atoms with Crippen LogP contribution < -0.4 is 5.32 Å². The number of aryl methyl sites for hydroxylation is 1. The second-order valence-corrected chi connectivity index (χ2v) is 5.78. The van der Waals surface area contributed by atoms with Crippen molar-refractivity contribution < 1.29 is 9.18 Å². The highest BCUT2D eigenvalue weighted by molar-refractivity contribution is 9.10. The Morgan fingerprint density at radius 1 is 1.45 bits per heavy atom. The lowest BCUT2D eigenvalue weighted by molar-refractivity contribution is 0.0927. The average molecular weight is 338 g/mol. The Morgan fingerprint density at radius 2 is 2.30 bits per heavy atom. The summed E-state index contributed by atoms with van der Waals surface area (Å²) in [6.45, 7) is 0.706. The number of nitrogens with zero attached hydrogens (tertiary/aromatic N) is 2. The Labute approximate surface area is 124 Å². The summed E-state index contributed by atoms with van der Waals surface area (Å²) in [7, 11) is 0. The van der Waals surface area contributed by atoms with Crippen molar-refractivity contribution in [1.82, 2.24) is 14.9 Å². The summed E-state index contributed by atoms with van der Waals surface area (Å²) in [5.74, 6) is 0.368. The van der Waals surface area contributed by atoms with Crippen LogP contribution in [0.1, 0.15) is 22.6 Å². The van der Waals surface area contributed by atoms with Crippen LogP contribution >= 0.6 is 15.9 Å². The number of rotatable bonds is 2. The van der Waals surface area contributed by atoms with Crippen LogP contribution in [0.2, 0.25) is 0 Å². The summed E-state index contributed by atoms with van der Waals surface area (Å²) in [5, 5.41) is 2.95. The van der Waals surface area contributed by atoms with Gasteiger partial charge in [0.05, 0.1) is 0 Å². The maximum atomic E-state index is 13.3. The van der Waals surface area contributed by atoms with Crippen LogP contribution in [0.5, 0.6) is 0 Å². The number of amides is 1. The molecule has 1 amide bonds. The van der Waals surface area contributed by atoms with E-state index in [0.717, 1.165) is 18.7 Å². The Kier molecular flexibility index (Phi) is 3.56. The van der Waals surface area contributed by atoms with Crippen molar-refractivity contribution in [3.63, 3.8) is 0 Å². The second-order valence-electron chi connectivity index (χ2n) is 4.86. The standard InChI is InChI=1S/C14H13BrFN3O/c15-10-5-9(6-11(16)7-10)14(20)18-12-1-2-13-17-3-4-19(13)8-12/h3-7,12H,1-2,8H2,(H,18,20)/t12-/m0/s1. The highest BCUT2D eigenvalue weighted by Gasteiger charge is 2.21. The first-order valence-electron chi connectivity index (χ1n) is 6.39.